The van der Waals surface area contributed by atoms with Gasteiger partial charge in [0.2, 0.25) is 0 Å². The molecule has 2 aromatic carbocycles. The number of para-hydroxylation sites is 1. The third-order valence-corrected chi connectivity index (χ3v) is 4.32. The van der Waals surface area contributed by atoms with Gasteiger partial charge >= 0.3 is 0 Å². The van der Waals surface area contributed by atoms with E-state index in [-0.39, 0.29) is 6.04 Å². The highest BCUT2D eigenvalue weighted by Crippen LogP contribution is 2.28. The first-order chi connectivity index (χ1) is 10.2. The van der Waals surface area contributed by atoms with Crippen molar-refractivity contribution in [3.63, 3.8) is 0 Å². The molecule has 0 bridgehead atoms. The van der Waals surface area contributed by atoms with Crippen LogP contribution in [0.25, 0.3) is 0 Å². The second kappa shape index (κ2) is 7.83. The Hall–Kier alpha value is -1.03. The molecular formula is C17H19BrClNO. The van der Waals surface area contributed by atoms with Gasteiger partial charge in [-0.15, -0.1) is 0 Å². The van der Waals surface area contributed by atoms with Gasteiger partial charge in [-0.25, -0.2) is 0 Å². The molecule has 0 heterocycles. The van der Waals surface area contributed by atoms with Gasteiger partial charge in [0, 0.05) is 27.6 Å². The van der Waals surface area contributed by atoms with E-state index in [9.17, 15) is 0 Å². The average Bonchev–Trinajstić information content (AvgIpc) is 2.50. The number of benzene rings is 2. The molecule has 0 aliphatic carbocycles. The van der Waals surface area contributed by atoms with Crippen molar-refractivity contribution in [2.24, 2.45) is 0 Å². The van der Waals surface area contributed by atoms with Gasteiger partial charge in [-0.3, -0.25) is 0 Å². The molecule has 1 N–H and O–H groups in total. The Kier molecular flexibility index (Phi) is 6.09. The van der Waals surface area contributed by atoms with Crippen LogP contribution < -0.4 is 10.1 Å². The minimum atomic E-state index is 0.237. The molecule has 0 fully saturated rings. The molecular weight excluding hydrogens is 350 g/mol. The fourth-order valence-corrected chi connectivity index (χ4v) is 3.07. The first-order valence-electron chi connectivity index (χ1n) is 6.96. The number of ether oxygens (including phenoxy) is 1. The van der Waals surface area contributed by atoms with Gasteiger partial charge in [0.25, 0.3) is 0 Å². The highest BCUT2D eigenvalue weighted by atomic mass is 79.9. The Labute approximate surface area is 139 Å². The predicted molar refractivity (Wildman–Crippen MR) is 92.0 cm³/mol. The standard InChI is InChI=1S/C17H19BrClNO/c1-3-16(14-6-4-5-7-17(14)21-2)20-11-12-8-9-13(18)10-15(12)19/h4-10,16,20H,3,11H2,1-2H3. The predicted octanol–water partition coefficient (Wildman–Crippen LogP) is 5.35. The fourth-order valence-electron chi connectivity index (χ4n) is 2.33. The lowest BCUT2D eigenvalue weighted by molar-refractivity contribution is 0.396. The Bertz CT molecular complexity index is 603. The van der Waals surface area contributed by atoms with E-state index in [4.69, 9.17) is 16.3 Å². The maximum Gasteiger partial charge on any atom is 0.123 e. The van der Waals surface area contributed by atoms with Gasteiger partial charge in [-0.2, -0.15) is 0 Å². The summed E-state index contributed by atoms with van der Waals surface area (Å²) in [5.74, 6) is 0.916. The fraction of sp³-hybridized carbons (Fsp3) is 0.294. The summed E-state index contributed by atoms with van der Waals surface area (Å²) in [4.78, 5) is 0. The van der Waals surface area contributed by atoms with Crippen LogP contribution >= 0.6 is 27.5 Å². The molecule has 0 aliphatic heterocycles. The van der Waals surface area contributed by atoms with Crippen molar-refractivity contribution < 1.29 is 4.74 Å². The lowest BCUT2D eigenvalue weighted by Crippen LogP contribution is -2.21. The highest BCUT2D eigenvalue weighted by molar-refractivity contribution is 9.10. The maximum atomic E-state index is 6.27. The highest BCUT2D eigenvalue weighted by Gasteiger charge is 2.14. The Morgan fingerprint density at radius 1 is 1.24 bits per heavy atom. The largest absolute Gasteiger partial charge is 0.496 e. The number of hydrogen-bond donors (Lipinski definition) is 1. The van der Waals surface area contributed by atoms with Crippen molar-refractivity contribution in [1.82, 2.24) is 5.32 Å². The van der Waals surface area contributed by atoms with Crippen LogP contribution in [0, 0.1) is 0 Å². The number of halogens is 2. The van der Waals surface area contributed by atoms with Crippen LogP contribution in [-0.2, 0) is 6.54 Å². The number of nitrogens with one attached hydrogen (secondary N) is 1. The van der Waals surface area contributed by atoms with E-state index in [0.717, 1.165) is 33.8 Å². The third kappa shape index (κ3) is 4.22. The van der Waals surface area contributed by atoms with E-state index in [0.29, 0.717) is 0 Å². The van der Waals surface area contributed by atoms with E-state index in [1.165, 1.54) is 5.56 Å². The van der Waals surface area contributed by atoms with Gasteiger partial charge in [0.1, 0.15) is 5.75 Å². The van der Waals surface area contributed by atoms with E-state index in [1.54, 1.807) is 7.11 Å². The second-order valence-electron chi connectivity index (χ2n) is 4.82. The molecule has 21 heavy (non-hydrogen) atoms. The first-order valence-corrected chi connectivity index (χ1v) is 8.13. The van der Waals surface area contributed by atoms with Crippen LogP contribution in [0.1, 0.15) is 30.5 Å². The van der Waals surface area contributed by atoms with Crippen molar-refractivity contribution in [1.29, 1.82) is 0 Å². The quantitative estimate of drug-likeness (QED) is 0.742. The van der Waals surface area contributed by atoms with E-state index < -0.39 is 0 Å². The van der Waals surface area contributed by atoms with E-state index >= 15 is 0 Å². The van der Waals surface area contributed by atoms with Crippen LogP contribution in [0.15, 0.2) is 46.9 Å². The van der Waals surface area contributed by atoms with Crippen molar-refractivity contribution >= 4 is 27.5 Å². The summed E-state index contributed by atoms with van der Waals surface area (Å²) in [6.45, 7) is 2.88. The molecule has 2 nitrogen and oxygen atoms in total. The minimum Gasteiger partial charge on any atom is -0.496 e. The summed E-state index contributed by atoms with van der Waals surface area (Å²) in [6.07, 6.45) is 0.981. The molecule has 2 rings (SSSR count). The van der Waals surface area contributed by atoms with Crippen molar-refractivity contribution in [2.45, 2.75) is 25.9 Å². The summed E-state index contributed by atoms with van der Waals surface area (Å²) in [7, 11) is 1.71. The number of rotatable bonds is 6. The molecule has 0 saturated carbocycles. The molecule has 0 aliphatic rings. The monoisotopic (exact) mass is 367 g/mol. The Morgan fingerprint density at radius 2 is 2.00 bits per heavy atom. The maximum absolute atomic E-state index is 6.27. The molecule has 0 amide bonds. The molecule has 1 unspecified atom stereocenters. The average molecular weight is 369 g/mol. The minimum absolute atomic E-state index is 0.237. The van der Waals surface area contributed by atoms with Gasteiger partial charge in [-0.05, 0) is 30.2 Å². The molecule has 0 saturated heterocycles. The normalized spacial score (nSPS) is 12.2. The first kappa shape index (κ1) is 16.3. The topological polar surface area (TPSA) is 21.3 Å². The molecule has 2 aromatic rings. The third-order valence-electron chi connectivity index (χ3n) is 3.48. The van der Waals surface area contributed by atoms with Gasteiger partial charge in [-0.1, -0.05) is 58.7 Å². The zero-order chi connectivity index (χ0) is 15.2. The van der Waals surface area contributed by atoms with E-state index in [2.05, 4.69) is 34.2 Å². The van der Waals surface area contributed by atoms with Crippen molar-refractivity contribution in [3.05, 3.63) is 63.1 Å². The lowest BCUT2D eigenvalue weighted by Gasteiger charge is -2.20. The summed E-state index contributed by atoms with van der Waals surface area (Å²) in [5, 5.41) is 4.33. The van der Waals surface area contributed by atoms with Crippen LogP contribution in [0.3, 0.4) is 0 Å². The molecule has 112 valence electrons. The SMILES string of the molecule is CCC(NCc1ccc(Br)cc1Cl)c1ccccc1OC. The summed E-state index contributed by atoms with van der Waals surface area (Å²) in [5.41, 5.74) is 2.27. The van der Waals surface area contributed by atoms with Crippen LogP contribution in [0.5, 0.6) is 5.75 Å². The smallest absolute Gasteiger partial charge is 0.123 e. The molecule has 0 aromatic heterocycles. The summed E-state index contributed by atoms with van der Waals surface area (Å²) in [6, 6.07) is 14.3. The molecule has 4 heteroatoms. The number of methoxy groups -OCH3 is 1. The van der Waals surface area contributed by atoms with Gasteiger partial charge in [0.05, 0.1) is 7.11 Å². The lowest BCUT2D eigenvalue weighted by atomic mass is 10.0. The van der Waals surface area contributed by atoms with Gasteiger partial charge in [0.15, 0.2) is 0 Å². The van der Waals surface area contributed by atoms with Crippen molar-refractivity contribution in [3.8, 4) is 5.75 Å². The number of hydrogen-bond acceptors (Lipinski definition) is 2. The summed E-state index contributed by atoms with van der Waals surface area (Å²) < 4.78 is 6.44. The molecule has 1 atom stereocenters. The Balaban J connectivity index is 2.12. The summed E-state index contributed by atoms with van der Waals surface area (Å²) >= 11 is 9.69. The zero-order valence-electron chi connectivity index (χ0n) is 12.2. The second-order valence-corrected chi connectivity index (χ2v) is 6.14. The zero-order valence-corrected chi connectivity index (χ0v) is 14.5. The van der Waals surface area contributed by atoms with Crippen LogP contribution in [0.2, 0.25) is 5.02 Å². The molecule has 0 spiro atoms. The Morgan fingerprint density at radius 3 is 2.67 bits per heavy atom. The van der Waals surface area contributed by atoms with E-state index in [1.807, 2.05) is 36.4 Å². The van der Waals surface area contributed by atoms with Crippen LogP contribution in [0.4, 0.5) is 0 Å². The van der Waals surface area contributed by atoms with Crippen LogP contribution in [-0.4, -0.2) is 7.11 Å². The van der Waals surface area contributed by atoms with Crippen molar-refractivity contribution in [2.75, 3.05) is 7.11 Å². The molecule has 0 radical (unpaired) electrons. The van der Waals surface area contributed by atoms with Gasteiger partial charge < -0.3 is 10.1 Å².